The van der Waals surface area contributed by atoms with Crippen LogP contribution >= 0.6 is 0 Å². The molecule has 2 N–H and O–H groups in total. The number of hydrogen-bond donors (Lipinski definition) is 2. The molecule has 26 heavy (non-hydrogen) atoms. The summed E-state index contributed by atoms with van der Waals surface area (Å²) in [7, 11) is 1.60. The normalized spacial score (nSPS) is 10.5. The van der Waals surface area contributed by atoms with Gasteiger partial charge in [0.25, 0.3) is 5.91 Å². The fourth-order valence-corrected chi connectivity index (χ4v) is 2.52. The maximum absolute atomic E-state index is 12.2. The molecule has 0 saturated carbocycles. The largest absolute Gasteiger partial charge is 0.497 e. The predicted molar refractivity (Wildman–Crippen MR) is 97.1 cm³/mol. The predicted octanol–water partition coefficient (Wildman–Crippen LogP) is 1.70. The van der Waals surface area contributed by atoms with E-state index in [-0.39, 0.29) is 24.1 Å². The van der Waals surface area contributed by atoms with Crippen LogP contribution in [0.4, 0.5) is 0 Å². The lowest BCUT2D eigenvalue weighted by Gasteiger charge is -2.07. The molecule has 0 fully saturated rings. The van der Waals surface area contributed by atoms with Crippen molar-refractivity contribution < 1.29 is 14.3 Å². The number of carbonyl (C=O) groups excluding carboxylic acids is 2. The van der Waals surface area contributed by atoms with E-state index < -0.39 is 0 Å². The third kappa shape index (κ3) is 4.00. The SMILES string of the molecule is COc1ccc(CNC(=O)CNC(=O)c2cn3c(C)cccc3n2)cc1. The Balaban J connectivity index is 1.51. The average molecular weight is 352 g/mol. The van der Waals surface area contributed by atoms with Crippen molar-refractivity contribution in [2.45, 2.75) is 13.5 Å². The van der Waals surface area contributed by atoms with Crippen LogP contribution in [0.2, 0.25) is 0 Å². The third-order valence-electron chi connectivity index (χ3n) is 3.99. The Morgan fingerprint density at radius 2 is 1.88 bits per heavy atom. The van der Waals surface area contributed by atoms with Crippen LogP contribution in [0.15, 0.2) is 48.7 Å². The number of fused-ring (bicyclic) bond motifs is 1. The number of nitrogens with one attached hydrogen (secondary N) is 2. The lowest BCUT2D eigenvalue weighted by atomic mass is 10.2. The quantitative estimate of drug-likeness (QED) is 0.707. The first-order chi connectivity index (χ1) is 12.6. The number of aromatic nitrogens is 2. The highest BCUT2D eigenvalue weighted by Gasteiger charge is 2.12. The van der Waals surface area contributed by atoms with Crippen molar-refractivity contribution in [3.8, 4) is 5.75 Å². The minimum Gasteiger partial charge on any atom is -0.497 e. The minimum absolute atomic E-state index is 0.109. The van der Waals surface area contributed by atoms with Crippen LogP contribution < -0.4 is 15.4 Å². The van der Waals surface area contributed by atoms with Crippen LogP contribution in [0.5, 0.6) is 5.75 Å². The number of imidazole rings is 1. The number of benzene rings is 1. The van der Waals surface area contributed by atoms with Gasteiger partial charge in [-0.3, -0.25) is 9.59 Å². The fourth-order valence-electron chi connectivity index (χ4n) is 2.52. The summed E-state index contributed by atoms with van der Waals surface area (Å²) in [5.74, 6) is 0.108. The number of ether oxygens (including phenoxy) is 1. The van der Waals surface area contributed by atoms with Crippen molar-refractivity contribution in [2.75, 3.05) is 13.7 Å². The first-order valence-corrected chi connectivity index (χ1v) is 8.19. The van der Waals surface area contributed by atoms with E-state index in [9.17, 15) is 9.59 Å². The Labute approximate surface area is 151 Å². The van der Waals surface area contributed by atoms with E-state index in [0.29, 0.717) is 12.2 Å². The molecule has 2 aromatic heterocycles. The van der Waals surface area contributed by atoms with E-state index in [0.717, 1.165) is 17.0 Å². The molecule has 0 aliphatic carbocycles. The third-order valence-corrected chi connectivity index (χ3v) is 3.99. The molecule has 3 aromatic rings. The van der Waals surface area contributed by atoms with Gasteiger partial charge in [0.15, 0.2) is 0 Å². The van der Waals surface area contributed by atoms with Crippen molar-refractivity contribution in [3.05, 3.63) is 65.6 Å². The molecule has 0 radical (unpaired) electrons. The first kappa shape index (κ1) is 17.5. The molecule has 0 unspecified atom stereocenters. The first-order valence-electron chi connectivity index (χ1n) is 8.19. The summed E-state index contributed by atoms with van der Waals surface area (Å²) in [6.45, 7) is 2.21. The zero-order chi connectivity index (χ0) is 18.5. The Morgan fingerprint density at radius 3 is 2.58 bits per heavy atom. The van der Waals surface area contributed by atoms with Gasteiger partial charge in [0, 0.05) is 18.4 Å². The molecule has 134 valence electrons. The monoisotopic (exact) mass is 352 g/mol. The fraction of sp³-hybridized carbons (Fsp3) is 0.211. The number of carbonyl (C=O) groups is 2. The van der Waals surface area contributed by atoms with Gasteiger partial charge in [-0.05, 0) is 36.8 Å². The van der Waals surface area contributed by atoms with Crippen LogP contribution in [-0.2, 0) is 11.3 Å². The van der Waals surface area contributed by atoms with Crippen molar-refractivity contribution in [2.24, 2.45) is 0 Å². The molecule has 7 nitrogen and oxygen atoms in total. The molecule has 7 heteroatoms. The van der Waals surface area contributed by atoms with Crippen LogP contribution in [0.1, 0.15) is 21.7 Å². The Morgan fingerprint density at radius 1 is 1.12 bits per heavy atom. The Hall–Kier alpha value is -3.35. The summed E-state index contributed by atoms with van der Waals surface area (Å²) in [5.41, 5.74) is 2.90. The summed E-state index contributed by atoms with van der Waals surface area (Å²) in [6.07, 6.45) is 1.66. The van der Waals surface area contributed by atoms with Crippen molar-refractivity contribution >= 4 is 17.5 Å². The summed E-state index contributed by atoms with van der Waals surface area (Å²) >= 11 is 0. The molecule has 0 atom stereocenters. The van der Waals surface area contributed by atoms with Gasteiger partial charge in [-0.2, -0.15) is 0 Å². The molecular formula is C19H20N4O3. The molecule has 2 amide bonds. The number of pyridine rings is 1. The molecule has 0 aliphatic rings. The number of rotatable bonds is 6. The number of aryl methyl sites for hydroxylation is 1. The zero-order valence-corrected chi connectivity index (χ0v) is 14.7. The van der Waals surface area contributed by atoms with E-state index in [4.69, 9.17) is 4.74 Å². The molecule has 2 heterocycles. The van der Waals surface area contributed by atoms with Gasteiger partial charge in [0.2, 0.25) is 5.91 Å². The summed E-state index contributed by atoms with van der Waals surface area (Å²) < 4.78 is 6.92. The Kier molecular flexibility index (Phi) is 5.17. The van der Waals surface area contributed by atoms with Gasteiger partial charge < -0.3 is 19.8 Å². The smallest absolute Gasteiger partial charge is 0.271 e. The van der Waals surface area contributed by atoms with Gasteiger partial charge in [0.1, 0.15) is 17.1 Å². The molecule has 1 aromatic carbocycles. The van der Waals surface area contributed by atoms with E-state index in [1.165, 1.54) is 0 Å². The standard InChI is InChI=1S/C19H20N4O3/c1-13-4-3-5-17-22-16(12-23(13)17)19(25)21-11-18(24)20-10-14-6-8-15(26-2)9-7-14/h3-9,12H,10-11H2,1-2H3,(H,20,24)(H,21,25). The van der Waals surface area contributed by atoms with Crippen LogP contribution in [-0.4, -0.2) is 34.9 Å². The highest BCUT2D eigenvalue weighted by Crippen LogP contribution is 2.11. The van der Waals surface area contributed by atoms with E-state index in [2.05, 4.69) is 15.6 Å². The second-order valence-electron chi connectivity index (χ2n) is 5.83. The second kappa shape index (κ2) is 7.69. The van der Waals surface area contributed by atoms with Gasteiger partial charge in [-0.15, -0.1) is 0 Å². The maximum atomic E-state index is 12.2. The molecule has 0 bridgehead atoms. The number of nitrogens with zero attached hydrogens (tertiary/aromatic N) is 2. The van der Waals surface area contributed by atoms with E-state index in [1.54, 1.807) is 13.3 Å². The van der Waals surface area contributed by atoms with Gasteiger partial charge in [-0.1, -0.05) is 18.2 Å². The number of amides is 2. The zero-order valence-electron chi connectivity index (χ0n) is 14.7. The average Bonchev–Trinajstić information content (AvgIpc) is 3.10. The van der Waals surface area contributed by atoms with Gasteiger partial charge in [-0.25, -0.2) is 4.98 Å². The molecule has 0 saturated heterocycles. The maximum Gasteiger partial charge on any atom is 0.271 e. The highest BCUT2D eigenvalue weighted by molar-refractivity contribution is 5.95. The Bertz CT molecular complexity index is 932. The van der Waals surface area contributed by atoms with Crippen molar-refractivity contribution in [1.29, 1.82) is 0 Å². The lowest BCUT2D eigenvalue weighted by molar-refractivity contribution is -0.120. The topological polar surface area (TPSA) is 84.7 Å². The van der Waals surface area contributed by atoms with Crippen LogP contribution in [0, 0.1) is 6.92 Å². The summed E-state index contributed by atoms with van der Waals surface area (Å²) in [4.78, 5) is 28.4. The van der Waals surface area contributed by atoms with Gasteiger partial charge in [0.05, 0.1) is 13.7 Å². The van der Waals surface area contributed by atoms with Crippen molar-refractivity contribution in [3.63, 3.8) is 0 Å². The van der Waals surface area contributed by atoms with Crippen LogP contribution in [0.25, 0.3) is 5.65 Å². The molecule has 0 aliphatic heterocycles. The molecule has 3 rings (SSSR count). The summed E-state index contributed by atoms with van der Waals surface area (Å²) in [6, 6.07) is 13.0. The van der Waals surface area contributed by atoms with Crippen LogP contribution in [0.3, 0.4) is 0 Å². The lowest BCUT2D eigenvalue weighted by Crippen LogP contribution is -2.36. The summed E-state index contributed by atoms with van der Waals surface area (Å²) in [5, 5.41) is 5.35. The van der Waals surface area contributed by atoms with Gasteiger partial charge >= 0.3 is 0 Å². The highest BCUT2D eigenvalue weighted by atomic mass is 16.5. The molecular weight excluding hydrogens is 332 g/mol. The second-order valence-corrected chi connectivity index (χ2v) is 5.83. The van der Waals surface area contributed by atoms with E-state index in [1.807, 2.05) is 53.8 Å². The van der Waals surface area contributed by atoms with Crippen molar-refractivity contribution in [1.82, 2.24) is 20.0 Å². The minimum atomic E-state index is -0.382. The number of methoxy groups -OCH3 is 1. The number of hydrogen-bond acceptors (Lipinski definition) is 4. The van der Waals surface area contributed by atoms with E-state index >= 15 is 0 Å². The molecule has 0 spiro atoms.